The van der Waals surface area contributed by atoms with Crippen molar-refractivity contribution in [3.63, 3.8) is 0 Å². The van der Waals surface area contributed by atoms with Crippen molar-refractivity contribution < 1.29 is 14.3 Å². The van der Waals surface area contributed by atoms with Crippen LogP contribution < -0.4 is 14.8 Å². The maximum absolute atomic E-state index is 12.0. The predicted molar refractivity (Wildman–Crippen MR) is 108 cm³/mol. The number of benzene rings is 2. The number of anilines is 1. The number of halogens is 1. The summed E-state index contributed by atoms with van der Waals surface area (Å²) in [4.78, 5) is 13.2. The molecule has 4 nitrogen and oxygen atoms in total. The Labute approximate surface area is 166 Å². The number of amides is 1. The Kier molecular flexibility index (Phi) is 5.05. The molecule has 4 rings (SSSR count). The molecular formula is C21H18ClNO3S. The van der Waals surface area contributed by atoms with Crippen molar-refractivity contribution in [3.05, 3.63) is 74.9 Å². The van der Waals surface area contributed by atoms with Crippen LogP contribution in [0.3, 0.4) is 0 Å². The van der Waals surface area contributed by atoms with Crippen molar-refractivity contribution in [1.82, 2.24) is 0 Å². The van der Waals surface area contributed by atoms with Crippen molar-refractivity contribution in [2.45, 2.75) is 18.9 Å². The van der Waals surface area contributed by atoms with Crippen LogP contribution in [0.25, 0.3) is 0 Å². The molecule has 2 heterocycles. The Morgan fingerprint density at radius 1 is 1.19 bits per heavy atom. The van der Waals surface area contributed by atoms with Crippen LogP contribution in [0.4, 0.5) is 5.69 Å². The molecule has 138 valence electrons. The lowest BCUT2D eigenvalue weighted by Gasteiger charge is -2.23. The van der Waals surface area contributed by atoms with Crippen molar-refractivity contribution >= 4 is 34.5 Å². The maximum atomic E-state index is 12.0. The molecule has 6 heteroatoms. The molecule has 1 aromatic heterocycles. The van der Waals surface area contributed by atoms with E-state index in [1.165, 1.54) is 4.88 Å². The van der Waals surface area contributed by atoms with E-state index in [1.54, 1.807) is 18.4 Å². The number of rotatable bonds is 5. The lowest BCUT2D eigenvalue weighted by atomic mass is 9.90. The van der Waals surface area contributed by atoms with Gasteiger partial charge in [-0.25, -0.2) is 0 Å². The molecule has 0 radical (unpaired) electrons. The van der Waals surface area contributed by atoms with E-state index in [-0.39, 0.29) is 11.8 Å². The second-order valence-corrected chi connectivity index (χ2v) is 7.72. The normalized spacial score (nSPS) is 15.8. The fraction of sp³-hybridized carbons (Fsp3) is 0.190. The van der Waals surface area contributed by atoms with Gasteiger partial charge in [0.05, 0.1) is 12.8 Å². The largest absolute Gasteiger partial charge is 0.493 e. The second kappa shape index (κ2) is 7.62. The van der Waals surface area contributed by atoms with Crippen molar-refractivity contribution in [3.8, 4) is 11.5 Å². The third-order valence-corrected chi connectivity index (χ3v) is 5.81. The number of carbonyl (C=O) groups is 1. The van der Waals surface area contributed by atoms with E-state index in [0.717, 1.165) is 16.8 Å². The van der Waals surface area contributed by atoms with Gasteiger partial charge in [0.15, 0.2) is 11.5 Å². The monoisotopic (exact) mass is 399 g/mol. The highest BCUT2D eigenvalue weighted by atomic mass is 35.5. The van der Waals surface area contributed by atoms with Crippen LogP contribution in [-0.2, 0) is 11.4 Å². The molecule has 1 aliphatic rings. The van der Waals surface area contributed by atoms with E-state index in [0.29, 0.717) is 29.5 Å². The first-order chi connectivity index (χ1) is 13.1. The van der Waals surface area contributed by atoms with Gasteiger partial charge >= 0.3 is 0 Å². The molecular weight excluding hydrogens is 382 g/mol. The number of carbonyl (C=O) groups excluding carboxylic acids is 1. The molecule has 0 saturated heterocycles. The lowest BCUT2D eigenvalue weighted by molar-refractivity contribution is -0.116. The number of thiophene rings is 1. The number of hydrogen-bond acceptors (Lipinski definition) is 4. The smallest absolute Gasteiger partial charge is 0.225 e. The van der Waals surface area contributed by atoms with Gasteiger partial charge in [-0.1, -0.05) is 29.8 Å². The Morgan fingerprint density at radius 3 is 2.89 bits per heavy atom. The molecule has 0 unspecified atom stereocenters. The summed E-state index contributed by atoms with van der Waals surface area (Å²) < 4.78 is 11.5. The lowest BCUT2D eigenvalue weighted by Crippen LogP contribution is -2.21. The second-order valence-electron chi connectivity index (χ2n) is 6.33. The minimum absolute atomic E-state index is 0.0321. The highest BCUT2D eigenvalue weighted by Gasteiger charge is 2.28. The summed E-state index contributed by atoms with van der Waals surface area (Å²) in [5.41, 5.74) is 2.93. The van der Waals surface area contributed by atoms with Crippen LogP contribution in [0.1, 0.15) is 28.3 Å². The molecule has 0 bridgehead atoms. The van der Waals surface area contributed by atoms with Crippen LogP contribution in [0.15, 0.2) is 53.9 Å². The average Bonchev–Trinajstić information content (AvgIpc) is 3.14. The summed E-state index contributed by atoms with van der Waals surface area (Å²) in [5.74, 6) is 1.38. The highest BCUT2D eigenvalue weighted by molar-refractivity contribution is 7.10. The molecule has 1 atom stereocenters. The number of methoxy groups -OCH3 is 1. The van der Waals surface area contributed by atoms with Gasteiger partial charge in [0.2, 0.25) is 5.91 Å². The number of nitrogens with one attached hydrogen (secondary N) is 1. The van der Waals surface area contributed by atoms with Gasteiger partial charge in [-0.05, 0) is 46.8 Å². The Bertz CT molecular complexity index is 985. The molecule has 27 heavy (non-hydrogen) atoms. The zero-order chi connectivity index (χ0) is 18.8. The molecule has 2 aromatic carbocycles. The van der Waals surface area contributed by atoms with Crippen LogP contribution in [0, 0.1) is 0 Å². The first kappa shape index (κ1) is 17.9. The zero-order valence-electron chi connectivity index (χ0n) is 14.7. The molecule has 1 aliphatic heterocycles. The molecule has 0 spiro atoms. The maximum Gasteiger partial charge on any atom is 0.225 e. The van der Waals surface area contributed by atoms with Gasteiger partial charge in [0, 0.05) is 22.2 Å². The Morgan fingerprint density at radius 2 is 2.07 bits per heavy atom. The van der Waals surface area contributed by atoms with E-state index in [2.05, 4.69) is 5.32 Å². The molecule has 3 aromatic rings. The van der Waals surface area contributed by atoms with Crippen molar-refractivity contribution in [1.29, 1.82) is 0 Å². The summed E-state index contributed by atoms with van der Waals surface area (Å²) in [6.45, 7) is 0.400. The minimum atomic E-state index is 0.0321. The van der Waals surface area contributed by atoms with E-state index in [9.17, 15) is 4.79 Å². The molecule has 0 saturated carbocycles. The first-order valence-electron chi connectivity index (χ1n) is 8.56. The molecule has 0 fully saturated rings. The number of ether oxygens (including phenoxy) is 2. The quantitative estimate of drug-likeness (QED) is 0.619. The predicted octanol–water partition coefficient (Wildman–Crippen LogP) is 5.46. The summed E-state index contributed by atoms with van der Waals surface area (Å²) >= 11 is 7.68. The third kappa shape index (κ3) is 3.80. The van der Waals surface area contributed by atoms with Crippen LogP contribution in [0.2, 0.25) is 5.02 Å². The van der Waals surface area contributed by atoms with E-state index in [4.69, 9.17) is 21.1 Å². The third-order valence-electron chi connectivity index (χ3n) is 4.55. The topological polar surface area (TPSA) is 47.6 Å². The summed E-state index contributed by atoms with van der Waals surface area (Å²) in [7, 11) is 1.62. The van der Waals surface area contributed by atoms with Gasteiger partial charge in [-0.3, -0.25) is 4.79 Å². The van der Waals surface area contributed by atoms with Gasteiger partial charge in [-0.2, -0.15) is 0 Å². The Balaban J connectivity index is 1.58. The summed E-state index contributed by atoms with van der Waals surface area (Å²) in [5, 5.41) is 5.61. The fourth-order valence-corrected chi connectivity index (χ4v) is 4.44. The first-order valence-corrected chi connectivity index (χ1v) is 9.82. The van der Waals surface area contributed by atoms with Crippen LogP contribution in [0.5, 0.6) is 11.5 Å². The molecule has 1 N–H and O–H groups in total. The van der Waals surface area contributed by atoms with E-state index < -0.39 is 0 Å². The fourth-order valence-electron chi connectivity index (χ4n) is 3.25. The van der Waals surface area contributed by atoms with E-state index in [1.807, 2.05) is 53.9 Å². The molecule has 0 aliphatic carbocycles. The van der Waals surface area contributed by atoms with Gasteiger partial charge in [-0.15, -0.1) is 11.3 Å². The summed E-state index contributed by atoms with van der Waals surface area (Å²) in [6, 6.07) is 15.4. The average molecular weight is 400 g/mol. The standard InChI is InChI=1S/C21H18ClNO3S/c1-25-19-10-14(16-11-20(24)23-17-7-8-27-21(16)17)5-6-18(19)26-12-13-3-2-4-15(22)9-13/h2-10,16H,11-12H2,1H3,(H,23,24)/t16-/m0/s1. The number of fused-ring (bicyclic) bond motifs is 1. The van der Waals surface area contributed by atoms with Crippen LogP contribution in [-0.4, -0.2) is 13.0 Å². The zero-order valence-corrected chi connectivity index (χ0v) is 16.3. The SMILES string of the molecule is COc1cc([C@@H]2CC(=O)Nc3ccsc32)ccc1OCc1cccc(Cl)c1. The van der Waals surface area contributed by atoms with Gasteiger partial charge < -0.3 is 14.8 Å². The van der Waals surface area contributed by atoms with E-state index >= 15 is 0 Å². The van der Waals surface area contributed by atoms with Gasteiger partial charge in [0.1, 0.15) is 6.61 Å². The minimum Gasteiger partial charge on any atom is -0.493 e. The number of hydrogen-bond donors (Lipinski definition) is 1. The molecule has 1 amide bonds. The Hall–Kier alpha value is -2.50. The van der Waals surface area contributed by atoms with Crippen molar-refractivity contribution in [2.24, 2.45) is 0 Å². The van der Waals surface area contributed by atoms with Gasteiger partial charge in [0.25, 0.3) is 0 Å². The van der Waals surface area contributed by atoms with Crippen LogP contribution >= 0.6 is 22.9 Å². The van der Waals surface area contributed by atoms with Crippen molar-refractivity contribution in [2.75, 3.05) is 12.4 Å². The highest BCUT2D eigenvalue weighted by Crippen LogP contribution is 2.42. The summed E-state index contributed by atoms with van der Waals surface area (Å²) in [6.07, 6.45) is 0.430.